The van der Waals surface area contributed by atoms with Crippen LogP contribution < -0.4 is 25.6 Å². The first-order chi connectivity index (χ1) is 22.9. The molecule has 47 heavy (non-hydrogen) atoms. The Bertz CT molecular complexity index is 1730. The molecular weight excluding hydrogens is 679 g/mol. The number of anilines is 5. The smallest absolute Gasteiger partial charge is 0.410 e. The normalized spacial score (nSPS) is 16.2. The summed E-state index contributed by atoms with van der Waals surface area (Å²) in [6.45, 7) is 9.62. The summed E-state index contributed by atoms with van der Waals surface area (Å²) in [5.41, 5.74) is 5.88. The van der Waals surface area contributed by atoms with Gasteiger partial charge in [0.2, 0.25) is 5.95 Å². The fourth-order valence-electron chi connectivity index (χ4n) is 6.44. The van der Waals surface area contributed by atoms with Crippen LogP contribution in [0.3, 0.4) is 0 Å². The molecule has 0 unspecified atom stereocenters. The number of aromatic nitrogens is 4. The number of benzene rings is 2. The molecule has 2 aromatic heterocycles. The number of hydrogen-bond donors (Lipinski definition) is 2. The average molecular weight is 722 g/mol. The van der Waals surface area contributed by atoms with Crippen LogP contribution >= 0.6 is 23.9 Å². The van der Waals surface area contributed by atoms with Crippen LogP contribution in [-0.2, 0) is 11.2 Å². The molecule has 0 atom stereocenters. The number of halogens is 1. The average Bonchev–Trinajstić information content (AvgIpc) is 3.07. The number of piperidine rings is 1. The van der Waals surface area contributed by atoms with E-state index in [-0.39, 0.29) is 12.1 Å². The highest BCUT2D eigenvalue weighted by atomic mass is 79.9. The predicted molar refractivity (Wildman–Crippen MR) is 194 cm³/mol. The quantitative estimate of drug-likeness (QED) is 0.172. The summed E-state index contributed by atoms with van der Waals surface area (Å²) in [6.07, 6.45) is 10.8. The zero-order valence-corrected chi connectivity index (χ0v) is 29.9. The zero-order valence-electron chi connectivity index (χ0n) is 27.4. The van der Waals surface area contributed by atoms with Gasteiger partial charge in [0.1, 0.15) is 11.6 Å². The Kier molecular flexibility index (Phi) is 10.6. The van der Waals surface area contributed by atoms with Crippen LogP contribution in [-0.4, -0.2) is 83.7 Å². The van der Waals surface area contributed by atoms with Gasteiger partial charge in [0.25, 0.3) is 0 Å². The van der Waals surface area contributed by atoms with Gasteiger partial charge in [-0.1, -0.05) is 14.8 Å². The minimum Gasteiger partial charge on any atom is -0.494 e. The van der Waals surface area contributed by atoms with Crippen LogP contribution in [0.2, 0.25) is 0 Å². The summed E-state index contributed by atoms with van der Waals surface area (Å²) >= 11 is 3.63. The molecule has 4 aromatic rings. The molecule has 0 saturated carbocycles. The maximum absolute atomic E-state index is 12.7. The number of nitrogens with one attached hydrogen (secondary N) is 2. The molecule has 248 valence electrons. The number of hydrogen-bond acceptors (Lipinski definition) is 10. The fraction of sp³-hybridized carbons (Fsp3) is 0.441. The van der Waals surface area contributed by atoms with Gasteiger partial charge in [-0.15, -0.1) is 0 Å². The van der Waals surface area contributed by atoms with E-state index in [2.05, 4.69) is 78.8 Å². The minimum atomic E-state index is -0.484. The minimum absolute atomic E-state index is 0.157. The first-order valence-electron chi connectivity index (χ1n) is 16.2. The van der Waals surface area contributed by atoms with E-state index in [1.807, 2.05) is 17.0 Å². The molecule has 2 aliphatic rings. The van der Waals surface area contributed by atoms with E-state index in [9.17, 15) is 4.79 Å². The summed E-state index contributed by atoms with van der Waals surface area (Å²) < 4.78 is 12.1. The van der Waals surface area contributed by atoms with E-state index in [1.54, 1.807) is 25.7 Å². The number of carbonyl (C=O) groups excluding carboxylic acids is 1. The van der Waals surface area contributed by atoms with Gasteiger partial charge in [-0.3, -0.25) is 9.97 Å². The highest BCUT2D eigenvalue weighted by Gasteiger charge is 2.30. The lowest BCUT2D eigenvalue weighted by Gasteiger charge is -2.40. The maximum Gasteiger partial charge on any atom is 0.410 e. The van der Waals surface area contributed by atoms with Gasteiger partial charge in [-0.05, 0) is 91.5 Å². The Hall–Kier alpha value is -3.76. The molecule has 11 nitrogen and oxygen atoms in total. The first kappa shape index (κ1) is 33.2. The van der Waals surface area contributed by atoms with Gasteiger partial charge in [0, 0.05) is 67.0 Å². The largest absolute Gasteiger partial charge is 0.494 e. The number of nitrogens with zero attached hydrogens (tertiary/aromatic N) is 6. The molecule has 2 saturated heterocycles. The van der Waals surface area contributed by atoms with Crippen LogP contribution in [0.1, 0.15) is 44.6 Å². The molecule has 0 spiro atoms. The standard InChI is InChI=1S/C34H42BrN8O3P/c1-5-22-19-27(29(45-2)20-28(22)42-16-11-23(12-17-42)43-15-7-6-8-18-46-34(43)44)40-33-38-21-24(35)32(41-33)39-26-10-9-25-30(31(26)47(3)4)37-14-13-36-25/h9-10,13-14,19-21,23H,5-8,11-12,15-18H2,1-4H3,(H2,38,39,40,41). The third-order valence-corrected chi connectivity index (χ3v) is 10.8. The molecule has 2 aliphatic heterocycles. The number of ether oxygens (including phenoxy) is 2. The van der Waals surface area contributed by atoms with Gasteiger partial charge < -0.3 is 29.9 Å². The zero-order chi connectivity index (χ0) is 32.9. The van der Waals surface area contributed by atoms with Crippen LogP contribution in [0.15, 0.2) is 47.3 Å². The summed E-state index contributed by atoms with van der Waals surface area (Å²) in [5.74, 6) is 1.80. The maximum atomic E-state index is 12.7. The molecule has 6 rings (SSSR count). The number of aryl methyl sites for hydroxylation is 1. The predicted octanol–water partition coefficient (Wildman–Crippen LogP) is 7.20. The second-order valence-corrected chi connectivity index (χ2v) is 15.1. The van der Waals surface area contributed by atoms with E-state index in [0.29, 0.717) is 24.1 Å². The van der Waals surface area contributed by atoms with Gasteiger partial charge in [0.05, 0.1) is 34.9 Å². The van der Waals surface area contributed by atoms with Crippen molar-refractivity contribution in [3.05, 3.63) is 52.9 Å². The third-order valence-electron chi connectivity index (χ3n) is 8.84. The highest BCUT2D eigenvalue weighted by Crippen LogP contribution is 2.38. The lowest BCUT2D eigenvalue weighted by molar-refractivity contribution is 0.0697. The van der Waals surface area contributed by atoms with Crippen molar-refractivity contribution < 1.29 is 14.3 Å². The van der Waals surface area contributed by atoms with Crippen molar-refractivity contribution in [1.29, 1.82) is 0 Å². The van der Waals surface area contributed by atoms with Crippen molar-refractivity contribution in [1.82, 2.24) is 24.8 Å². The van der Waals surface area contributed by atoms with E-state index in [1.165, 1.54) is 5.56 Å². The van der Waals surface area contributed by atoms with Crippen LogP contribution in [0.5, 0.6) is 5.75 Å². The molecule has 2 aromatic carbocycles. The van der Waals surface area contributed by atoms with Crippen molar-refractivity contribution in [2.45, 2.75) is 51.5 Å². The molecule has 0 radical (unpaired) electrons. The lowest BCUT2D eigenvalue weighted by Crippen LogP contribution is -2.48. The van der Waals surface area contributed by atoms with Crippen molar-refractivity contribution in [2.75, 3.05) is 62.2 Å². The van der Waals surface area contributed by atoms with Crippen molar-refractivity contribution in [3.63, 3.8) is 0 Å². The Balaban J connectivity index is 1.21. The van der Waals surface area contributed by atoms with Crippen LogP contribution in [0.4, 0.5) is 33.6 Å². The monoisotopic (exact) mass is 720 g/mol. The Morgan fingerprint density at radius 2 is 1.83 bits per heavy atom. The Labute approximate surface area is 285 Å². The molecule has 2 fully saturated rings. The molecule has 2 N–H and O–H groups in total. The second-order valence-electron chi connectivity index (χ2n) is 12.0. The molecule has 1 amide bonds. The van der Waals surface area contributed by atoms with Crippen LogP contribution in [0.25, 0.3) is 11.0 Å². The second kappa shape index (κ2) is 15.0. The third kappa shape index (κ3) is 7.38. The Morgan fingerprint density at radius 1 is 1.02 bits per heavy atom. The topological polar surface area (TPSA) is 118 Å². The first-order valence-corrected chi connectivity index (χ1v) is 19.3. The number of cyclic esters (lactones) is 1. The summed E-state index contributed by atoms with van der Waals surface area (Å²) in [5, 5.41) is 8.07. The van der Waals surface area contributed by atoms with Gasteiger partial charge >= 0.3 is 6.09 Å². The molecule has 4 heterocycles. The van der Waals surface area contributed by atoms with Gasteiger partial charge in [-0.2, -0.15) is 4.98 Å². The number of amides is 1. The van der Waals surface area contributed by atoms with Crippen molar-refractivity contribution >= 4 is 75.1 Å². The molecular formula is C34H42BrN8O3P. The van der Waals surface area contributed by atoms with E-state index in [0.717, 1.165) is 96.0 Å². The van der Waals surface area contributed by atoms with E-state index < -0.39 is 7.92 Å². The number of fused-ring (bicyclic) bond motifs is 1. The lowest BCUT2D eigenvalue weighted by atomic mass is 10.00. The number of carbonyl (C=O) groups is 1. The van der Waals surface area contributed by atoms with E-state index in [4.69, 9.17) is 14.5 Å². The number of methoxy groups -OCH3 is 1. The van der Waals surface area contributed by atoms with E-state index >= 15 is 0 Å². The summed E-state index contributed by atoms with van der Waals surface area (Å²) in [4.78, 5) is 35.6. The van der Waals surface area contributed by atoms with Gasteiger partial charge in [-0.25, -0.2) is 9.78 Å². The summed E-state index contributed by atoms with van der Waals surface area (Å²) in [7, 11) is 1.20. The van der Waals surface area contributed by atoms with Gasteiger partial charge in [0.15, 0.2) is 0 Å². The van der Waals surface area contributed by atoms with Crippen LogP contribution in [0, 0.1) is 0 Å². The summed E-state index contributed by atoms with van der Waals surface area (Å²) in [6, 6.07) is 8.47. The fourth-order valence-corrected chi connectivity index (χ4v) is 7.94. The molecule has 0 bridgehead atoms. The number of rotatable bonds is 9. The Morgan fingerprint density at radius 3 is 2.60 bits per heavy atom. The highest BCUT2D eigenvalue weighted by molar-refractivity contribution is 9.10. The van der Waals surface area contributed by atoms with Crippen molar-refractivity contribution in [2.24, 2.45) is 0 Å². The molecule has 13 heteroatoms. The molecule has 0 aliphatic carbocycles. The van der Waals surface area contributed by atoms with Crippen molar-refractivity contribution in [3.8, 4) is 5.75 Å². The SMILES string of the molecule is CCc1cc(Nc2ncc(Br)c(Nc3ccc4nccnc4c3P(C)C)n2)c(OC)cc1N1CCC(N2CCCCCOC2=O)CC1.